The van der Waals surface area contributed by atoms with Crippen molar-refractivity contribution in [2.45, 2.75) is 6.54 Å². The zero-order chi connectivity index (χ0) is 23.1. The number of carboxylic acid groups (broad SMARTS) is 1. The average molecular weight is 434 g/mol. The molecular weight excluding hydrogens is 412 g/mol. The zero-order valence-electron chi connectivity index (χ0n) is 17.5. The minimum atomic E-state index is -1.22. The van der Waals surface area contributed by atoms with Crippen molar-refractivity contribution >= 4 is 23.5 Å². The summed E-state index contributed by atoms with van der Waals surface area (Å²) in [5.41, 5.74) is 1.65. The molecule has 0 radical (unpaired) electrons. The van der Waals surface area contributed by atoms with Gasteiger partial charge >= 0.3 is 5.97 Å². The Morgan fingerprint density at radius 2 is 1.41 bits per heavy atom. The molecule has 0 aliphatic heterocycles. The predicted octanol–water partition coefficient (Wildman–Crippen LogP) is 3.58. The summed E-state index contributed by atoms with van der Waals surface area (Å²) in [6.07, 6.45) is 0. The molecule has 2 amide bonds. The van der Waals surface area contributed by atoms with Gasteiger partial charge in [0.15, 0.2) is 11.5 Å². The van der Waals surface area contributed by atoms with E-state index in [9.17, 15) is 19.5 Å². The minimum Gasteiger partial charge on any atom is -0.493 e. The van der Waals surface area contributed by atoms with Crippen LogP contribution < -0.4 is 20.1 Å². The van der Waals surface area contributed by atoms with E-state index in [2.05, 4.69) is 10.6 Å². The van der Waals surface area contributed by atoms with Gasteiger partial charge in [-0.1, -0.05) is 30.3 Å². The van der Waals surface area contributed by atoms with E-state index < -0.39 is 11.9 Å². The van der Waals surface area contributed by atoms with Gasteiger partial charge in [-0.25, -0.2) is 4.79 Å². The molecule has 8 heteroatoms. The van der Waals surface area contributed by atoms with Gasteiger partial charge in [-0.2, -0.15) is 0 Å². The number of carbonyl (C=O) groups excluding carboxylic acids is 2. The third-order valence-electron chi connectivity index (χ3n) is 4.71. The molecule has 0 bridgehead atoms. The Kier molecular flexibility index (Phi) is 7.07. The standard InChI is InChI=1S/C24H22N2O6/c1-31-20-12-18(24(29)30)19(13-21(20)32-2)26-23(28)17-10-8-15(9-11-17)14-25-22(27)16-6-4-3-5-7-16/h3-13H,14H2,1-2H3,(H,25,27)(H,26,28)(H,29,30). The van der Waals surface area contributed by atoms with Gasteiger partial charge < -0.3 is 25.2 Å². The van der Waals surface area contributed by atoms with Gasteiger partial charge in [0.1, 0.15) is 0 Å². The molecule has 0 atom stereocenters. The fourth-order valence-corrected chi connectivity index (χ4v) is 3.00. The van der Waals surface area contributed by atoms with Crippen molar-refractivity contribution in [3.63, 3.8) is 0 Å². The maximum atomic E-state index is 12.7. The molecule has 3 N–H and O–H groups in total. The average Bonchev–Trinajstić information content (AvgIpc) is 2.82. The Bertz CT molecular complexity index is 1130. The number of anilines is 1. The van der Waals surface area contributed by atoms with Crippen LogP contribution >= 0.6 is 0 Å². The lowest BCUT2D eigenvalue weighted by atomic mass is 10.1. The maximum Gasteiger partial charge on any atom is 0.337 e. The summed E-state index contributed by atoms with van der Waals surface area (Å²) in [7, 11) is 2.81. The van der Waals surface area contributed by atoms with E-state index in [1.54, 1.807) is 48.5 Å². The molecule has 32 heavy (non-hydrogen) atoms. The zero-order valence-corrected chi connectivity index (χ0v) is 17.5. The number of carbonyl (C=O) groups is 3. The Labute approximate surface area is 184 Å². The SMILES string of the molecule is COc1cc(NC(=O)c2ccc(CNC(=O)c3ccccc3)cc2)c(C(=O)O)cc1OC. The summed E-state index contributed by atoms with van der Waals surface area (Å²) in [4.78, 5) is 36.4. The van der Waals surface area contributed by atoms with Crippen LogP contribution in [0.15, 0.2) is 66.7 Å². The first-order valence-corrected chi connectivity index (χ1v) is 9.65. The Balaban J connectivity index is 1.70. The lowest BCUT2D eigenvalue weighted by molar-refractivity contribution is 0.0697. The van der Waals surface area contributed by atoms with E-state index in [1.165, 1.54) is 26.4 Å². The third-order valence-corrected chi connectivity index (χ3v) is 4.71. The van der Waals surface area contributed by atoms with E-state index in [-0.39, 0.29) is 28.7 Å². The van der Waals surface area contributed by atoms with Crippen molar-refractivity contribution in [2.75, 3.05) is 19.5 Å². The van der Waals surface area contributed by atoms with Crippen LogP contribution in [-0.4, -0.2) is 37.1 Å². The normalized spacial score (nSPS) is 10.2. The molecule has 8 nitrogen and oxygen atoms in total. The Morgan fingerprint density at radius 3 is 2.00 bits per heavy atom. The van der Waals surface area contributed by atoms with Gasteiger partial charge in [0.25, 0.3) is 11.8 Å². The van der Waals surface area contributed by atoms with Crippen molar-refractivity contribution in [1.29, 1.82) is 0 Å². The number of hydrogen-bond acceptors (Lipinski definition) is 5. The maximum absolute atomic E-state index is 12.7. The van der Waals surface area contributed by atoms with Crippen LogP contribution in [0.25, 0.3) is 0 Å². The molecule has 164 valence electrons. The van der Waals surface area contributed by atoms with E-state index in [0.717, 1.165) is 5.56 Å². The minimum absolute atomic E-state index is 0.0827. The summed E-state index contributed by atoms with van der Waals surface area (Å²) in [5, 5.41) is 14.9. The summed E-state index contributed by atoms with van der Waals surface area (Å²) in [6, 6.07) is 18.2. The summed E-state index contributed by atoms with van der Waals surface area (Å²) >= 11 is 0. The number of rotatable bonds is 8. The highest BCUT2D eigenvalue weighted by atomic mass is 16.5. The first-order valence-electron chi connectivity index (χ1n) is 9.65. The lowest BCUT2D eigenvalue weighted by Gasteiger charge is -2.14. The fraction of sp³-hybridized carbons (Fsp3) is 0.125. The molecule has 0 aromatic heterocycles. The lowest BCUT2D eigenvalue weighted by Crippen LogP contribution is -2.22. The highest BCUT2D eigenvalue weighted by molar-refractivity contribution is 6.08. The number of methoxy groups -OCH3 is 2. The van der Waals surface area contributed by atoms with Gasteiger partial charge in [-0.05, 0) is 29.8 Å². The van der Waals surface area contributed by atoms with Gasteiger partial charge in [0, 0.05) is 29.8 Å². The van der Waals surface area contributed by atoms with Crippen LogP contribution in [0.4, 0.5) is 5.69 Å². The van der Waals surface area contributed by atoms with Crippen molar-refractivity contribution < 1.29 is 29.0 Å². The van der Waals surface area contributed by atoms with Crippen molar-refractivity contribution in [2.24, 2.45) is 0 Å². The first kappa shape index (κ1) is 22.4. The van der Waals surface area contributed by atoms with Gasteiger partial charge in [-0.15, -0.1) is 0 Å². The second-order valence-corrected chi connectivity index (χ2v) is 6.76. The van der Waals surface area contributed by atoms with Crippen LogP contribution in [0.1, 0.15) is 36.6 Å². The fourth-order valence-electron chi connectivity index (χ4n) is 3.00. The number of nitrogens with one attached hydrogen (secondary N) is 2. The summed E-state index contributed by atoms with van der Waals surface area (Å²) in [5.74, 6) is -1.37. The molecule has 0 spiro atoms. The van der Waals surface area contributed by atoms with Crippen molar-refractivity contribution in [3.05, 3.63) is 89.0 Å². The van der Waals surface area contributed by atoms with Crippen LogP contribution in [0, 0.1) is 0 Å². The van der Waals surface area contributed by atoms with E-state index in [0.29, 0.717) is 17.7 Å². The Hall–Kier alpha value is -4.33. The van der Waals surface area contributed by atoms with Crippen LogP contribution in [0.5, 0.6) is 11.5 Å². The topological polar surface area (TPSA) is 114 Å². The molecule has 3 rings (SSSR count). The second kappa shape index (κ2) is 10.1. The molecule has 0 unspecified atom stereocenters. The molecule has 3 aromatic rings. The second-order valence-electron chi connectivity index (χ2n) is 6.76. The smallest absolute Gasteiger partial charge is 0.337 e. The molecule has 0 aliphatic rings. The Morgan fingerprint density at radius 1 is 0.812 bits per heavy atom. The van der Waals surface area contributed by atoms with Crippen LogP contribution in [0.2, 0.25) is 0 Å². The summed E-state index contributed by atoms with van der Waals surface area (Å²) in [6.45, 7) is 0.300. The predicted molar refractivity (Wildman–Crippen MR) is 119 cm³/mol. The van der Waals surface area contributed by atoms with Crippen LogP contribution in [0.3, 0.4) is 0 Å². The highest BCUT2D eigenvalue weighted by Gasteiger charge is 2.18. The number of hydrogen-bond donors (Lipinski definition) is 3. The molecule has 3 aromatic carbocycles. The third kappa shape index (κ3) is 5.23. The number of aromatic carboxylic acids is 1. The molecule has 0 saturated heterocycles. The van der Waals surface area contributed by atoms with Gasteiger partial charge in [-0.3, -0.25) is 9.59 Å². The van der Waals surface area contributed by atoms with Gasteiger partial charge in [0.05, 0.1) is 25.5 Å². The molecule has 0 aliphatic carbocycles. The molecule has 0 saturated carbocycles. The van der Waals surface area contributed by atoms with Crippen LogP contribution in [-0.2, 0) is 6.54 Å². The molecule has 0 heterocycles. The van der Waals surface area contributed by atoms with E-state index in [4.69, 9.17) is 9.47 Å². The number of amides is 2. The molecule has 0 fully saturated rings. The van der Waals surface area contributed by atoms with Crippen molar-refractivity contribution in [3.8, 4) is 11.5 Å². The number of ether oxygens (including phenoxy) is 2. The quantitative estimate of drug-likeness (QED) is 0.499. The highest BCUT2D eigenvalue weighted by Crippen LogP contribution is 2.33. The molecular formula is C24H22N2O6. The number of carboxylic acids is 1. The van der Waals surface area contributed by atoms with Gasteiger partial charge in [0.2, 0.25) is 0 Å². The van der Waals surface area contributed by atoms with Crippen molar-refractivity contribution in [1.82, 2.24) is 5.32 Å². The van der Waals surface area contributed by atoms with E-state index >= 15 is 0 Å². The first-order chi connectivity index (χ1) is 15.4. The number of benzene rings is 3. The largest absolute Gasteiger partial charge is 0.493 e. The monoisotopic (exact) mass is 434 g/mol. The van der Waals surface area contributed by atoms with E-state index in [1.807, 2.05) is 6.07 Å². The summed E-state index contributed by atoms with van der Waals surface area (Å²) < 4.78 is 10.3.